The predicted octanol–water partition coefficient (Wildman–Crippen LogP) is 5.86. The first kappa shape index (κ1) is 30.3. The molecule has 0 aliphatic heterocycles. The van der Waals surface area contributed by atoms with E-state index in [1.165, 1.54) is 0 Å². The zero-order valence-corrected chi connectivity index (χ0v) is 25.7. The highest BCUT2D eigenvalue weighted by Crippen LogP contribution is 2.56. The molecule has 1 unspecified atom stereocenters. The standard InChI is InChI=1S/C36H40O8/c1-17(37)28-27(39)16-23-13-21-15-25-24(18-7-10-22(11-8-18)35(2,3)4)14-20(9-12-26(38)19-5-6-19)31(40)30(25)32(41)29(21)34(43)36(23,44)33(28)42/h7-8,10-11,19-21,23,41-44H,5-6,9,12-16H2,1-4H3/t20?,21-,23+,36-/m0/s1. The fourth-order valence-corrected chi connectivity index (χ4v) is 7.72. The summed E-state index contributed by atoms with van der Waals surface area (Å²) in [5, 5.41) is 45.9. The van der Waals surface area contributed by atoms with Crippen LogP contribution >= 0.6 is 0 Å². The third kappa shape index (κ3) is 4.69. The van der Waals surface area contributed by atoms with E-state index in [1.807, 2.05) is 12.1 Å². The Labute approximate surface area is 256 Å². The van der Waals surface area contributed by atoms with Gasteiger partial charge in [0.15, 0.2) is 23.0 Å². The maximum Gasteiger partial charge on any atom is 0.182 e. The monoisotopic (exact) mass is 600 g/mol. The zero-order valence-electron chi connectivity index (χ0n) is 25.7. The maximum atomic E-state index is 14.0. The molecule has 0 saturated heterocycles. The van der Waals surface area contributed by atoms with Crippen LogP contribution in [0.15, 0.2) is 63.8 Å². The van der Waals surface area contributed by atoms with Crippen molar-refractivity contribution in [1.29, 1.82) is 0 Å². The second-order valence-corrected chi connectivity index (χ2v) is 14.3. The van der Waals surface area contributed by atoms with Crippen molar-refractivity contribution in [3.8, 4) is 0 Å². The van der Waals surface area contributed by atoms with E-state index >= 15 is 0 Å². The van der Waals surface area contributed by atoms with Gasteiger partial charge >= 0.3 is 0 Å². The predicted molar refractivity (Wildman–Crippen MR) is 163 cm³/mol. The number of Topliss-reactive ketones (excluding diaryl/α,β-unsaturated/α-hetero) is 4. The molecule has 0 spiro atoms. The highest BCUT2D eigenvalue weighted by molar-refractivity contribution is 6.20. The van der Waals surface area contributed by atoms with Crippen LogP contribution in [-0.2, 0) is 24.6 Å². The van der Waals surface area contributed by atoms with Gasteiger partial charge in [0, 0.05) is 36.2 Å². The fraction of sp³-hybridized carbons (Fsp3) is 0.500. The molecule has 4 atom stereocenters. The summed E-state index contributed by atoms with van der Waals surface area (Å²) in [6, 6.07) is 8.16. The van der Waals surface area contributed by atoms with E-state index in [0.29, 0.717) is 18.4 Å². The Morgan fingerprint density at radius 2 is 1.59 bits per heavy atom. The highest BCUT2D eigenvalue weighted by Gasteiger charge is 2.58. The average molecular weight is 601 g/mol. The van der Waals surface area contributed by atoms with E-state index < -0.39 is 57.8 Å². The highest BCUT2D eigenvalue weighted by atomic mass is 16.4. The SMILES string of the molecule is CC(=O)C1=C(O)[C@]2(O)C(O)=C3C(O)=C4C(=O)C(CCC(=O)C5CC5)CC(c5ccc(C(C)(C)C)cc5)=C4C[C@@H]3C[C@@H]2CC1=O. The normalized spacial score (nSPS) is 29.1. The number of benzene rings is 1. The Balaban J connectivity index is 1.50. The summed E-state index contributed by atoms with van der Waals surface area (Å²) >= 11 is 0. The molecule has 8 heteroatoms. The molecule has 5 aliphatic carbocycles. The number of hydrogen-bond donors (Lipinski definition) is 4. The average Bonchev–Trinajstić information content (AvgIpc) is 3.80. The van der Waals surface area contributed by atoms with E-state index in [0.717, 1.165) is 36.5 Å². The largest absolute Gasteiger partial charge is 0.508 e. The molecular weight excluding hydrogens is 560 g/mol. The van der Waals surface area contributed by atoms with Crippen LogP contribution in [0, 0.1) is 23.7 Å². The Hall–Kier alpha value is -3.78. The number of aliphatic hydroxyl groups excluding tert-OH is 3. The number of aliphatic hydroxyl groups is 4. The van der Waals surface area contributed by atoms with Gasteiger partial charge in [-0.1, -0.05) is 45.0 Å². The summed E-state index contributed by atoms with van der Waals surface area (Å²) in [5.41, 5.74) is 0.587. The van der Waals surface area contributed by atoms with Gasteiger partial charge in [-0.2, -0.15) is 0 Å². The van der Waals surface area contributed by atoms with E-state index in [9.17, 15) is 39.6 Å². The van der Waals surface area contributed by atoms with Crippen LogP contribution in [-0.4, -0.2) is 49.2 Å². The molecule has 0 amide bonds. The Morgan fingerprint density at radius 3 is 2.18 bits per heavy atom. The fourth-order valence-electron chi connectivity index (χ4n) is 7.72. The second-order valence-electron chi connectivity index (χ2n) is 14.3. The molecule has 8 nitrogen and oxygen atoms in total. The molecule has 44 heavy (non-hydrogen) atoms. The third-order valence-corrected chi connectivity index (χ3v) is 10.4. The van der Waals surface area contributed by atoms with Crippen molar-refractivity contribution in [2.75, 3.05) is 0 Å². The molecule has 1 saturated carbocycles. The van der Waals surface area contributed by atoms with Crippen LogP contribution in [0.25, 0.3) is 5.57 Å². The Morgan fingerprint density at radius 1 is 0.932 bits per heavy atom. The first-order chi connectivity index (χ1) is 20.6. The molecule has 232 valence electrons. The van der Waals surface area contributed by atoms with Crippen LogP contribution in [0.3, 0.4) is 0 Å². The van der Waals surface area contributed by atoms with Crippen LogP contribution in [0.2, 0.25) is 0 Å². The van der Waals surface area contributed by atoms with Crippen molar-refractivity contribution in [2.24, 2.45) is 23.7 Å². The molecule has 0 radical (unpaired) electrons. The van der Waals surface area contributed by atoms with Gasteiger partial charge in [0.2, 0.25) is 0 Å². The van der Waals surface area contributed by atoms with E-state index in [4.69, 9.17) is 0 Å². The molecule has 1 aromatic carbocycles. The van der Waals surface area contributed by atoms with Crippen molar-refractivity contribution in [1.82, 2.24) is 0 Å². The first-order valence-corrected chi connectivity index (χ1v) is 15.6. The Bertz CT molecular complexity index is 1620. The van der Waals surface area contributed by atoms with Gasteiger partial charge in [0.1, 0.15) is 28.6 Å². The lowest BCUT2D eigenvalue weighted by Gasteiger charge is -2.47. The summed E-state index contributed by atoms with van der Waals surface area (Å²) in [5.74, 6) is -5.54. The lowest BCUT2D eigenvalue weighted by Crippen LogP contribution is -2.52. The maximum absolute atomic E-state index is 14.0. The molecule has 6 rings (SSSR count). The van der Waals surface area contributed by atoms with Gasteiger partial charge in [0.05, 0.1) is 5.57 Å². The molecule has 1 aromatic rings. The number of fused-ring (bicyclic) bond motifs is 3. The summed E-state index contributed by atoms with van der Waals surface area (Å²) in [4.78, 5) is 51.6. The number of allylic oxidation sites excluding steroid dienone is 5. The van der Waals surface area contributed by atoms with Crippen LogP contribution in [0.1, 0.15) is 90.2 Å². The summed E-state index contributed by atoms with van der Waals surface area (Å²) in [6.07, 6.45) is 2.96. The first-order valence-electron chi connectivity index (χ1n) is 15.6. The zero-order chi connectivity index (χ0) is 31.9. The van der Waals surface area contributed by atoms with Crippen molar-refractivity contribution in [3.63, 3.8) is 0 Å². The van der Waals surface area contributed by atoms with Gasteiger partial charge in [-0.25, -0.2) is 0 Å². The van der Waals surface area contributed by atoms with Gasteiger partial charge in [-0.15, -0.1) is 0 Å². The quantitative estimate of drug-likeness (QED) is 0.297. The lowest BCUT2D eigenvalue weighted by atomic mass is 9.59. The molecule has 4 N–H and O–H groups in total. The molecule has 0 heterocycles. The van der Waals surface area contributed by atoms with Crippen molar-refractivity contribution < 1.29 is 39.6 Å². The smallest absolute Gasteiger partial charge is 0.182 e. The van der Waals surface area contributed by atoms with E-state index in [-0.39, 0.29) is 59.7 Å². The lowest BCUT2D eigenvalue weighted by molar-refractivity contribution is -0.128. The minimum absolute atomic E-state index is 0.0446. The van der Waals surface area contributed by atoms with E-state index in [2.05, 4.69) is 32.9 Å². The summed E-state index contributed by atoms with van der Waals surface area (Å²) in [6.45, 7) is 7.49. The molecule has 0 bridgehead atoms. The summed E-state index contributed by atoms with van der Waals surface area (Å²) < 4.78 is 0. The van der Waals surface area contributed by atoms with Crippen molar-refractivity contribution in [3.05, 3.63) is 75.0 Å². The van der Waals surface area contributed by atoms with Crippen LogP contribution in [0.5, 0.6) is 0 Å². The van der Waals surface area contributed by atoms with Crippen LogP contribution < -0.4 is 0 Å². The van der Waals surface area contributed by atoms with Crippen molar-refractivity contribution >= 4 is 28.7 Å². The number of ketones is 4. The van der Waals surface area contributed by atoms with Gasteiger partial charge in [-0.3, -0.25) is 19.2 Å². The molecular formula is C36H40O8. The Kier molecular flexibility index (Phi) is 7.15. The summed E-state index contributed by atoms with van der Waals surface area (Å²) in [7, 11) is 0. The molecule has 1 fully saturated rings. The molecule has 5 aliphatic rings. The van der Waals surface area contributed by atoms with Crippen LogP contribution in [0.4, 0.5) is 0 Å². The topological polar surface area (TPSA) is 149 Å². The number of rotatable bonds is 6. The van der Waals surface area contributed by atoms with E-state index in [1.54, 1.807) is 0 Å². The number of carbonyl (C=O) groups is 4. The van der Waals surface area contributed by atoms with Gasteiger partial charge in [-0.05, 0) is 79.1 Å². The number of hydrogen-bond acceptors (Lipinski definition) is 8. The number of carbonyl (C=O) groups excluding carboxylic acids is 4. The minimum atomic E-state index is -2.43. The molecule has 0 aromatic heterocycles. The van der Waals surface area contributed by atoms with Crippen molar-refractivity contribution in [2.45, 2.75) is 90.1 Å². The minimum Gasteiger partial charge on any atom is -0.508 e. The van der Waals surface area contributed by atoms with Gasteiger partial charge < -0.3 is 20.4 Å². The second kappa shape index (κ2) is 10.4. The van der Waals surface area contributed by atoms with Gasteiger partial charge in [0.25, 0.3) is 0 Å². The third-order valence-electron chi connectivity index (χ3n) is 10.4.